The second kappa shape index (κ2) is 7.86. The quantitative estimate of drug-likeness (QED) is 0.802. The second-order valence-corrected chi connectivity index (χ2v) is 9.62. The van der Waals surface area contributed by atoms with Gasteiger partial charge in [-0.2, -0.15) is 0 Å². The summed E-state index contributed by atoms with van der Waals surface area (Å²) in [5, 5.41) is 3.26. The Morgan fingerprint density at radius 2 is 1.83 bits per heavy atom. The highest BCUT2D eigenvalue weighted by atomic mass is 32.2. The van der Waals surface area contributed by atoms with Crippen LogP contribution in [-0.2, 0) is 11.3 Å². The van der Waals surface area contributed by atoms with Gasteiger partial charge in [0.1, 0.15) is 5.37 Å². The number of thioether (sulfide) groups is 1. The average Bonchev–Trinajstić information content (AvgIpc) is 3.46. The molecule has 0 unspecified atom stereocenters. The zero-order valence-electron chi connectivity index (χ0n) is 16.4. The van der Waals surface area contributed by atoms with Gasteiger partial charge in [-0.1, -0.05) is 48.9 Å². The molecule has 29 heavy (non-hydrogen) atoms. The lowest BCUT2D eigenvalue weighted by Crippen LogP contribution is -2.38. The average molecular weight is 407 g/mol. The Balaban J connectivity index is 1.26. The summed E-state index contributed by atoms with van der Waals surface area (Å²) in [5.74, 6) is 2.20. The van der Waals surface area contributed by atoms with Gasteiger partial charge in [-0.15, -0.1) is 11.8 Å². The molecule has 4 atom stereocenters. The molecular formula is C24H26N2O2S. The largest absolute Gasteiger partial charge is 0.349 e. The van der Waals surface area contributed by atoms with E-state index in [-0.39, 0.29) is 17.2 Å². The van der Waals surface area contributed by atoms with Crippen LogP contribution in [0.4, 0.5) is 0 Å². The molecule has 1 heterocycles. The minimum atomic E-state index is 0.00499. The SMILES string of the molecule is O=C(N[C@@H]1C[C@@H]2CC[C@@H]1C2)c1ccc([C@@H]2SCC(=O)N2Cc2ccccc2)cc1. The highest BCUT2D eigenvalue weighted by Crippen LogP contribution is 2.44. The standard InChI is InChI=1S/C24H26N2O2S/c27-22-15-29-24(26(22)14-16-4-2-1-3-5-16)19-10-8-18(9-11-19)23(28)25-21-13-17-6-7-20(21)12-17/h1-5,8-11,17,20-21,24H,6-7,12-15H2,(H,25,28)/t17-,20-,21-,24+/m1/s1. The number of hydrogen-bond acceptors (Lipinski definition) is 3. The molecule has 150 valence electrons. The lowest BCUT2D eigenvalue weighted by Gasteiger charge is -2.25. The summed E-state index contributed by atoms with van der Waals surface area (Å²) in [5.41, 5.74) is 2.92. The first-order valence-corrected chi connectivity index (χ1v) is 11.6. The normalized spacial score (nSPS) is 28.1. The van der Waals surface area contributed by atoms with Crippen LogP contribution in [0.15, 0.2) is 54.6 Å². The first kappa shape index (κ1) is 18.7. The molecular weight excluding hydrogens is 380 g/mol. The van der Waals surface area contributed by atoms with E-state index in [4.69, 9.17) is 0 Å². The first-order valence-electron chi connectivity index (χ1n) is 10.5. The molecule has 1 aliphatic heterocycles. The van der Waals surface area contributed by atoms with E-state index in [9.17, 15) is 9.59 Å². The predicted molar refractivity (Wildman–Crippen MR) is 115 cm³/mol. The van der Waals surface area contributed by atoms with E-state index in [2.05, 4.69) is 17.4 Å². The maximum atomic E-state index is 12.7. The predicted octanol–water partition coefficient (Wildman–Crippen LogP) is 4.38. The van der Waals surface area contributed by atoms with Crippen LogP contribution in [0, 0.1) is 11.8 Å². The third-order valence-electron chi connectivity index (χ3n) is 6.68. The van der Waals surface area contributed by atoms with Crippen LogP contribution in [0.3, 0.4) is 0 Å². The van der Waals surface area contributed by atoms with Gasteiger partial charge in [-0.25, -0.2) is 0 Å². The van der Waals surface area contributed by atoms with Gasteiger partial charge in [0, 0.05) is 18.2 Å². The van der Waals surface area contributed by atoms with Gasteiger partial charge in [0.25, 0.3) is 5.91 Å². The van der Waals surface area contributed by atoms with Crippen molar-refractivity contribution in [3.05, 3.63) is 71.3 Å². The van der Waals surface area contributed by atoms with Crippen molar-refractivity contribution in [1.29, 1.82) is 0 Å². The summed E-state index contributed by atoms with van der Waals surface area (Å²) in [6, 6.07) is 18.3. The number of benzene rings is 2. The molecule has 0 radical (unpaired) electrons. The fraction of sp³-hybridized carbons (Fsp3) is 0.417. The molecule has 2 aliphatic carbocycles. The van der Waals surface area contributed by atoms with Gasteiger partial charge in [-0.3, -0.25) is 9.59 Å². The van der Waals surface area contributed by atoms with Crippen LogP contribution in [0.5, 0.6) is 0 Å². The van der Waals surface area contributed by atoms with Crippen molar-refractivity contribution in [2.45, 2.75) is 43.6 Å². The maximum Gasteiger partial charge on any atom is 0.251 e. The summed E-state index contributed by atoms with van der Waals surface area (Å²) in [6.45, 7) is 0.615. The molecule has 2 amide bonds. The highest BCUT2D eigenvalue weighted by Gasteiger charge is 2.40. The molecule has 5 rings (SSSR count). The van der Waals surface area contributed by atoms with Crippen LogP contribution in [0.2, 0.25) is 0 Å². The van der Waals surface area contributed by atoms with Gasteiger partial charge in [0.05, 0.1) is 5.75 Å². The van der Waals surface area contributed by atoms with Gasteiger partial charge in [0.2, 0.25) is 5.91 Å². The second-order valence-electron chi connectivity index (χ2n) is 8.55. The van der Waals surface area contributed by atoms with E-state index in [1.807, 2.05) is 47.4 Å². The molecule has 0 spiro atoms. The topological polar surface area (TPSA) is 49.4 Å². The zero-order valence-corrected chi connectivity index (χ0v) is 17.2. The number of carbonyl (C=O) groups excluding carboxylic acids is 2. The first-order chi connectivity index (χ1) is 14.2. The molecule has 0 aromatic heterocycles. The van der Waals surface area contributed by atoms with Crippen LogP contribution in [-0.4, -0.2) is 28.5 Å². The van der Waals surface area contributed by atoms with Crippen LogP contribution in [0.1, 0.15) is 52.5 Å². The Bertz CT molecular complexity index is 899. The third kappa shape index (κ3) is 3.80. The molecule has 1 saturated heterocycles. The van der Waals surface area contributed by atoms with E-state index in [0.29, 0.717) is 29.8 Å². The zero-order chi connectivity index (χ0) is 19.8. The summed E-state index contributed by atoms with van der Waals surface area (Å²) in [6.07, 6.45) is 5.03. The van der Waals surface area contributed by atoms with Crippen molar-refractivity contribution in [1.82, 2.24) is 10.2 Å². The van der Waals surface area contributed by atoms with E-state index >= 15 is 0 Å². The van der Waals surface area contributed by atoms with E-state index in [1.54, 1.807) is 11.8 Å². The van der Waals surface area contributed by atoms with Crippen molar-refractivity contribution in [3.8, 4) is 0 Å². The van der Waals surface area contributed by atoms with Crippen molar-refractivity contribution < 1.29 is 9.59 Å². The van der Waals surface area contributed by atoms with Gasteiger partial charge in [0.15, 0.2) is 0 Å². The minimum Gasteiger partial charge on any atom is -0.349 e. The minimum absolute atomic E-state index is 0.00499. The number of nitrogens with zero attached hydrogens (tertiary/aromatic N) is 1. The van der Waals surface area contributed by atoms with Crippen molar-refractivity contribution >= 4 is 23.6 Å². The monoisotopic (exact) mass is 406 g/mol. The number of carbonyl (C=O) groups is 2. The van der Waals surface area contributed by atoms with Crippen LogP contribution in [0.25, 0.3) is 0 Å². The number of fused-ring (bicyclic) bond motifs is 2. The summed E-state index contributed by atoms with van der Waals surface area (Å²) in [7, 11) is 0. The lowest BCUT2D eigenvalue weighted by atomic mass is 9.95. The molecule has 5 heteroatoms. The molecule has 4 nitrogen and oxygen atoms in total. The molecule has 2 aromatic rings. The Morgan fingerprint density at radius 1 is 1.03 bits per heavy atom. The number of hydrogen-bond donors (Lipinski definition) is 1. The fourth-order valence-electron chi connectivity index (χ4n) is 5.15. The van der Waals surface area contributed by atoms with E-state index in [1.165, 1.54) is 19.3 Å². The fourth-order valence-corrected chi connectivity index (χ4v) is 6.34. The molecule has 2 bridgehead atoms. The summed E-state index contributed by atoms with van der Waals surface area (Å²) < 4.78 is 0. The Morgan fingerprint density at radius 3 is 2.52 bits per heavy atom. The van der Waals surface area contributed by atoms with Gasteiger partial charge < -0.3 is 10.2 Å². The van der Waals surface area contributed by atoms with Crippen LogP contribution < -0.4 is 5.32 Å². The number of rotatable bonds is 5. The van der Waals surface area contributed by atoms with Crippen molar-refractivity contribution in [3.63, 3.8) is 0 Å². The molecule has 1 N–H and O–H groups in total. The number of nitrogens with one attached hydrogen (secondary N) is 1. The van der Waals surface area contributed by atoms with Crippen molar-refractivity contribution in [2.75, 3.05) is 5.75 Å². The van der Waals surface area contributed by atoms with Crippen LogP contribution >= 0.6 is 11.8 Å². The van der Waals surface area contributed by atoms with Crippen molar-refractivity contribution in [2.24, 2.45) is 11.8 Å². The smallest absolute Gasteiger partial charge is 0.251 e. The van der Waals surface area contributed by atoms with E-state index in [0.717, 1.165) is 23.5 Å². The number of amides is 2. The van der Waals surface area contributed by atoms with Gasteiger partial charge in [-0.05, 0) is 54.4 Å². The Kier molecular flexibility index (Phi) is 5.08. The molecule has 2 saturated carbocycles. The summed E-state index contributed by atoms with van der Waals surface area (Å²) in [4.78, 5) is 27.1. The molecule has 3 aliphatic rings. The van der Waals surface area contributed by atoms with Gasteiger partial charge >= 0.3 is 0 Å². The Labute approximate surface area is 176 Å². The molecule has 2 aromatic carbocycles. The molecule has 3 fully saturated rings. The third-order valence-corrected chi connectivity index (χ3v) is 7.93. The maximum absolute atomic E-state index is 12.7. The Hall–Kier alpha value is -2.27. The highest BCUT2D eigenvalue weighted by molar-refractivity contribution is 8.00. The summed E-state index contributed by atoms with van der Waals surface area (Å²) >= 11 is 1.66. The van der Waals surface area contributed by atoms with E-state index < -0.39 is 0 Å². The lowest BCUT2D eigenvalue weighted by molar-refractivity contribution is -0.128.